The van der Waals surface area contributed by atoms with Crippen molar-refractivity contribution in [1.29, 1.82) is 0 Å². The molecule has 2 aliphatic rings. The molecule has 4 N–H and O–H groups in total. The standard InChI is InChI=1S/C20H21N9O5S2/c1-3-7-28-20(24-26-27-28)36-9-10-8-35-18-14(17(31)29(18)15(10)19(32)33)23-16(30)13(25-34-2)11-5-4-6-12(21)22-11/h3-6,14,18H,1,7-9H2,2H3,(H2,21,22)(H,23,30)(H,32,33)/b25-13-/t14?,18-/m1/s1. The number of thioether (sulfide) groups is 2. The summed E-state index contributed by atoms with van der Waals surface area (Å²) in [6.45, 7) is 4.06. The Bertz CT molecular complexity index is 1280. The highest BCUT2D eigenvalue weighted by Gasteiger charge is 2.54. The van der Waals surface area contributed by atoms with E-state index < -0.39 is 29.2 Å². The molecule has 0 spiro atoms. The van der Waals surface area contributed by atoms with Gasteiger partial charge in [-0.25, -0.2) is 14.5 Å². The maximum absolute atomic E-state index is 13.0. The molecule has 2 aromatic heterocycles. The van der Waals surface area contributed by atoms with Crippen LogP contribution in [0.15, 0.2) is 52.4 Å². The number of carboxylic acids is 1. The zero-order valence-electron chi connectivity index (χ0n) is 18.9. The topological polar surface area (TPSA) is 191 Å². The SMILES string of the molecule is C=CCn1nnnc1SCC1=C(C(=O)O)N2C(=O)C(NC(=O)/C(=N\OC)c3cccc(N)n3)[C@H]2SC1. The van der Waals surface area contributed by atoms with E-state index in [1.807, 2.05) is 0 Å². The molecule has 1 fully saturated rings. The van der Waals surface area contributed by atoms with Gasteiger partial charge in [-0.1, -0.05) is 29.1 Å². The molecule has 2 aromatic rings. The summed E-state index contributed by atoms with van der Waals surface area (Å²) in [4.78, 5) is 48.0. The van der Waals surface area contributed by atoms with Crippen molar-refractivity contribution >= 4 is 52.8 Å². The Morgan fingerprint density at radius 1 is 1.47 bits per heavy atom. The molecule has 0 bridgehead atoms. The lowest BCUT2D eigenvalue weighted by molar-refractivity contribution is -0.150. The second-order valence-electron chi connectivity index (χ2n) is 7.41. The molecule has 36 heavy (non-hydrogen) atoms. The summed E-state index contributed by atoms with van der Waals surface area (Å²) in [6.07, 6.45) is 1.64. The Morgan fingerprint density at radius 2 is 2.28 bits per heavy atom. The zero-order chi connectivity index (χ0) is 25.8. The smallest absolute Gasteiger partial charge is 0.352 e. The number of nitrogens with two attached hydrogens (primary N) is 1. The molecule has 2 aliphatic heterocycles. The number of hydrogen-bond acceptors (Lipinski definition) is 12. The molecule has 2 atom stereocenters. The fourth-order valence-electron chi connectivity index (χ4n) is 3.57. The lowest BCUT2D eigenvalue weighted by Crippen LogP contribution is -2.71. The minimum Gasteiger partial charge on any atom is -0.477 e. The van der Waals surface area contributed by atoms with Gasteiger partial charge in [-0.05, 0) is 28.1 Å². The largest absolute Gasteiger partial charge is 0.477 e. The molecule has 1 saturated heterocycles. The number of fused-ring (bicyclic) bond motifs is 1. The average molecular weight is 532 g/mol. The number of carboxylic acid groups (broad SMARTS) is 1. The second-order valence-corrected chi connectivity index (χ2v) is 9.46. The van der Waals surface area contributed by atoms with Crippen LogP contribution in [0.25, 0.3) is 0 Å². The Hall–Kier alpha value is -3.92. The van der Waals surface area contributed by atoms with E-state index in [0.29, 0.717) is 23.0 Å². The summed E-state index contributed by atoms with van der Waals surface area (Å²) in [5.74, 6) is -1.69. The first kappa shape index (κ1) is 25.2. The van der Waals surface area contributed by atoms with Gasteiger partial charge < -0.3 is 21.0 Å². The number of nitrogens with zero attached hydrogens (tertiary/aromatic N) is 7. The van der Waals surface area contributed by atoms with Gasteiger partial charge in [0, 0.05) is 11.5 Å². The van der Waals surface area contributed by atoms with Crippen molar-refractivity contribution in [3.63, 3.8) is 0 Å². The molecule has 0 radical (unpaired) electrons. The lowest BCUT2D eigenvalue weighted by atomic mass is 10.0. The van der Waals surface area contributed by atoms with Crippen LogP contribution in [0.2, 0.25) is 0 Å². The first-order valence-corrected chi connectivity index (χ1v) is 12.4. The lowest BCUT2D eigenvalue weighted by Gasteiger charge is -2.49. The first-order chi connectivity index (χ1) is 17.3. The van der Waals surface area contributed by atoms with E-state index in [9.17, 15) is 19.5 Å². The van der Waals surface area contributed by atoms with Crippen molar-refractivity contribution in [2.75, 3.05) is 24.3 Å². The molecule has 4 heterocycles. The molecular weight excluding hydrogens is 510 g/mol. The highest BCUT2D eigenvalue weighted by Crippen LogP contribution is 2.41. The van der Waals surface area contributed by atoms with Crippen LogP contribution in [-0.4, -0.2) is 88.7 Å². The van der Waals surface area contributed by atoms with Crippen molar-refractivity contribution in [2.24, 2.45) is 5.16 Å². The summed E-state index contributed by atoms with van der Waals surface area (Å²) in [7, 11) is 1.27. The Morgan fingerprint density at radius 3 is 2.97 bits per heavy atom. The van der Waals surface area contributed by atoms with Crippen molar-refractivity contribution in [1.82, 2.24) is 35.4 Å². The van der Waals surface area contributed by atoms with Gasteiger partial charge in [-0.2, -0.15) is 0 Å². The minimum absolute atomic E-state index is 0.104. The van der Waals surface area contributed by atoms with E-state index >= 15 is 0 Å². The van der Waals surface area contributed by atoms with Gasteiger partial charge in [0.15, 0.2) is 5.71 Å². The van der Waals surface area contributed by atoms with E-state index in [2.05, 4.69) is 37.6 Å². The summed E-state index contributed by atoms with van der Waals surface area (Å²) in [5.41, 5.74) is 6.14. The van der Waals surface area contributed by atoms with Crippen molar-refractivity contribution in [2.45, 2.75) is 23.1 Å². The second kappa shape index (κ2) is 10.8. The van der Waals surface area contributed by atoms with E-state index in [0.717, 1.165) is 0 Å². The maximum atomic E-state index is 13.0. The maximum Gasteiger partial charge on any atom is 0.352 e. The third kappa shape index (κ3) is 4.90. The number of anilines is 1. The van der Waals surface area contributed by atoms with Crippen LogP contribution in [0.5, 0.6) is 0 Å². The van der Waals surface area contributed by atoms with Crippen LogP contribution < -0.4 is 11.1 Å². The molecule has 0 aliphatic carbocycles. The predicted molar refractivity (Wildman–Crippen MR) is 131 cm³/mol. The van der Waals surface area contributed by atoms with Crippen LogP contribution in [-0.2, 0) is 25.8 Å². The molecule has 1 unspecified atom stereocenters. The number of carbonyl (C=O) groups excluding carboxylic acids is 2. The number of rotatable bonds is 10. The van der Waals surface area contributed by atoms with Gasteiger partial charge in [-0.15, -0.1) is 23.4 Å². The van der Waals surface area contributed by atoms with E-state index in [1.54, 1.807) is 18.2 Å². The van der Waals surface area contributed by atoms with Crippen LogP contribution in [0, 0.1) is 0 Å². The number of carbonyl (C=O) groups is 3. The highest BCUT2D eigenvalue weighted by atomic mass is 32.2. The van der Waals surface area contributed by atoms with Crippen LogP contribution >= 0.6 is 23.5 Å². The third-order valence-electron chi connectivity index (χ3n) is 5.12. The number of tetrazole rings is 1. The van der Waals surface area contributed by atoms with E-state index in [-0.39, 0.29) is 28.7 Å². The molecule has 0 aromatic carbocycles. The Balaban J connectivity index is 1.49. The van der Waals surface area contributed by atoms with Gasteiger partial charge in [0.05, 0.1) is 6.54 Å². The number of allylic oxidation sites excluding steroid dienone is 1. The molecule has 0 saturated carbocycles. The fraction of sp³-hybridized carbons (Fsp3) is 0.300. The number of aliphatic carboxylic acids is 1. The van der Waals surface area contributed by atoms with Gasteiger partial charge >= 0.3 is 5.97 Å². The molecule has 2 amide bonds. The number of oxime groups is 1. The van der Waals surface area contributed by atoms with Crippen LogP contribution in [0.4, 0.5) is 5.82 Å². The zero-order valence-corrected chi connectivity index (χ0v) is 20.5. The first-order valence-electron chi connectivity index (χ1n) is 10.4. The van der Waals surface area contributed by atoms with Crippen molar-refractivity contribution < 1.29 is 24.3 Å². The normalized spacial score (nSPS) is 19.4. The average Bonchev–Trinajstić information content (AvgIpc) is 3.30. The van der Waals surface area contributed by atoms with Gasteiger partial charge in [-0.3, -0.25) is 14.5 Å². The number of nitrogen functional groups attached to an aromatic ring is 1. The third-order valence-corrected chi connectivity index (χ3v) is 7.51. The van der Waals surface area contributed by atoms with Crippen LogP contribution in [0.3, 0.4) is 0 Å². The van der Waals surface area contributed by atoms with Crippen molar-refractivity contribution in [3.05, 3.63) is 47.8 Å². The molecule has 16 heteroatoms. The molecule has 188 valence electrons. The highest BCUT2D eigenvalue weighted by molar-refractivity contribution is 8.01. The minimum atomic E-state index is -1.23. The number of pyridine rings is 1. The summed E-state index contributed by atoms with van der Waals surface area (Å²) < 4.78 is 1.53. The number of β-lactam (4-membered cyclic amide) rings is 1. The quantitative estimate of drug-likeness (QED) is 0.120. The number of nitrogens with one attached hydrogen (secondary N) is 1. The van der Waals surface area contributed by atoms with Crippen LogP contribution in [0.1, 0.15) is 5.69 Å². The van der Waals surface area contributed by atoms with Gasteiger partial charge in [0.25, 0.3) is 11.8 Å². The number of amides is 2. The monoisotopic (exact) mass is 531 g/mol. The fourth-order valence-corrected chi connectivity index (χ4v) is 5.94. The Kier molecular flexibility index (Phi) is 7.54. The number of aromatic nitrogens is 5. The Labute approximate surface area is 213 Å². The van der Waals surface area contributed by atoms with Gasteiger partial charge in [0.1, 0.15) is 35.7 Å². The number of hydrogen-bond donors (Lipinski definition) is 3. The van der Waals surface area contributed by atoms with Gasteiger partial charge in [0.2, 0.25) is 5.16 Å². The molecule has 4 rings (SSSR count). The predicted octanol–water partition coefficient (Wildman–Crippen LogP) is -0.282. The van der Waals surface area contributed by atoms with Crippen molar-refractivity contribution in [3.8, 4) is 0 Å². The van der Waals surface area contributed by atoms with E-state index in [1.165, 1.54) is 46.3 Å². The van der Waals surface area contributed by atoms with E-state index in [4.69, 9.17) is 10.6 Å². The summed E-state index contributed by atoms with van der Waals surface area (Å²) in [5, 5.41) is 27.5. The molecular formula is C20H21N9O5S2. The summed E-state index contributed by atoms with van der Waals surface area (Å²) in [6, 6.07) is 3.73. The summed E-state index contributed by atoms with van der Waals surface area (Å²) >= 11 is 2.61. The molecule has 14 nitrogen and oxygen atoms in total.